The van der Waals surface area contributed by atoms with Crippen LogP contribution in [0.5, 0.6) is 11.5 Å². The van der Waals surface area contributed by atoms with E-state index in [4.69, 9.17) is 13.9 Å². The maximum Gasteiger partial charge on any atom is 0.346 e. The molecular weight excluding hydrogens is 344 g/mol. The van der Waals surface area contributed by atoms with Gasteiger partial charge in [-0.1, -0.05) is 26.7 Å². The Bertz CT molecular complexity index is 968. The Balaban J connectivity index is 2.18. The predicted octanol–water partition coefficient (Wildman–Crippen LogP) is 4.66. The first-order valence-corrected chi connectivity index (χ1v) is 9.44. The van der Waals surface area contributed by atoms with Gasteiger partial charge in [0.05, 0.1) is 24.0 Å². The molecule has 0 spiro atoms. The number of ether oxygens (including phenoxy) is 2. The van der Waals surface area contributed by atoms with Crippen LogP contribution < -0.4 is 20.7 Å². The molecule has 1 heterocycles. The highest BCUT2D eigenvalue weighted by Crippen LogP contribution is 2.27. The lowest BCUT2D eigenvalue weighted by Gasteiger charge is -2.08. The lowest BCUT2D eigenvalue weighted by molar-refractivity contribution is 0.309. The van der Waals surface area contributed by atoms with Crippen molar-refractivity contribution < 1.29 is 13.9 Å². The summed E-state index contributed by atoms with van der Waals surface area (Å²) in [6.45, 7) is 5.40. The molecular formula is C22H24O5. The van der Waals surface area contributed by atoms with Gasteiger partial charge in [0.25, 0.3) is 0 Å². The number of fused-ring (bicyclic) bond motifs is 3. The molecule has 3 aromatic rings. The first-order valence-electron chi connectivity index (χ1n) is 9.44. The van der Waals surface area contributed by atoms with E-state index in [0.29, 0.717) is 46.3 Å². The summed E-state index contributed by atoms with van der Waals surface area (Å²) in [6.07, 6.45) is 3.97. The van der Waals surface area contributed by atoms with Crippen molar-refractivity contribution in [2.24, 2.45) is 0 Å². The Morgan fingerprint density at radius 1 is 0.704 bits per heavy atom. The Labute approximate surface area is 157 Å². The molecule has 27 heavy (non-hydrogen) atoms. The van der Waals surface area contributed by atoms with Crippen LogP contribution in [0.2, 0.25) is 0 Å². The molecule has 142 valence electrons. The van der Waals surface area contributed by atoms with Crippen LogP contribution in [0.25, 0.3) is 21.5 Å². The maximum absolute atomic E-state index is 12.3. The SMILES string of the molecule is CCCCOc1ccc2c(=O)oc(=O)c3ccc(OCCCC)cc3c2c1. The van der Waals surface area contributed by atoms with Crippen molar-refractivity contribution in [3.8, 4) is 11.5 Å². The molecule has 3 rings (SSSR count). The topological polar surface area (TPSA) is 65.7 Å². The molecule has 0 saturated carbocycles. The third kappa shape index (κ3) is 4.30. The van der Waals surface area contributed by atoms with E-state index < -0.39 is 11.3 Å². The summed E-state index contributed by atoms with van der Waals surface area (Å²) in [7, 11) is 0. The molecule has 5 nitrogen and oxygen atoms in total. The largest absolute Gasteiger partial charge is 0.494 e. The summed E-state index contributed by atoms with van der Waals surface area (Å²) in [6, 6.07) is 10.3. The first-order chi connectivity index (χ1) is 13.1. The highest BCUT2D eigenvalue weighted by molar-refractivity contribution is 6.06. The van der Waals surface area contributed by atoms with Gasteiger partial charge in [0, 0.05) is 10.8 Å². The van der Waals surface area contributed by atoms with Gasteiger partial charge in [0.15, 0.2) is 0 Å². The van der Waals surface area contributed by atoms with Crippen molar-refractivity contribution in [1.29, 1.82) is 0 Å². The predicted molar refractivity (Wildman–Crippen MR) is 107 cm³/mol. The molecule has 0 radical (unpaired) electrons. The molecule has 0 aliphatic rings. The zero-order chi connectivity index (χ0) is 19.2. The van der Waals surface area contributed by atoms with Gasteiger partial charge in [0.1, 0.15) is 11.5 Å². The molecule has 5 heteroatoms. The third-order valence-corrected chi connectivity index (χ3v) is 4.43. The second-order valence-corrected chi connectivity index (χ2v) is 6.50. The van der Waals surface area contributed by atoms with Crippen molar-refractivity contribution in [3.05, 3.63) is 57.2 Å². The molecule has 2 aromatic carbocycles. The van der Waals surface area contributed by atoms with Gasteiger partial charge in [-0.05, 0) is 49.2 Å². The van der Waals surface area contributed by atoms with Crippen molar-refractivity contribution in [2.45, 2.75) is 39.5 Å². The first kappa shape index (κ1) is 19.0. The normalized spacial score (nSPS) is 11.0. The van der Waals surface area contributed by atoms with Crippen LogP contribution in [0, 0.1) is 0 Å². The van der Waals surface area contributed by atoms with Crippen LogP contribution in [0.15, 0.2) is 50.4 Å². The van der Waals surface area contributed by atoms with Crippen LogP contribution in [0.3, 0.4) is 0 Å². The van der Waals surface area contributed by atoms with Crippen molar-refractivity contribution in [1.82, 2.24) is 0 Å². The van der Waals surface area contributed by atoms with Crippen molar-refractivity contribution >= 4 is 21.5 Å². The summed E-state index contributed by atoms with van der Waals surface area (Å²) in [5.41, 5.74) is -1.31. The number of unbranched alkanes of at least 4 members (excludes halogenated alkanes) is 2. The van der Waals surface area contributed by atoms with Gasteiger partial charge >= 0.3 is 11.3 Å². The number of benzene rings is 2. The van der Waals surface area contributed by atoms with Gasteiger partial charge in [-0.25, -0.2) is 9.59 Å². The third-order valence-electron chi connectivity index (χ3n) is 4.43. The summed E-state index contributed by atoms with van der Waals surface area (Å²) in [5.74, 6) is 1.32. The van der Waals surface area contributed by atoms with E-state index in [2.05, 4.69) is 13.8 Å². The molecule has 0 unspecified atom stereocenters. The molecule has 0 saturated heterocycles. The minimum absolute atomic E-state index is 0.343. The van der Waals surface area contributed by atoms with Gasteiger partial charge in [-0.3, -0.25) is 0 Å². The van der Waals surface area contributed by atoms with E-state index in [9.17, 15) is 9.59 Å². The summed E-state index contributed by atoms with van der Waals surface area (Å²) >= 11 is 0. The summed E-state index contributed by atoms with van der Waals surface area (Å²) in [4.78, 5) is 24.7. The highest BCUT2D eigenvalue weighted by atomic mass is 16.5. The zero-order valence-electron chi connectivity index (χ0n) is 15.7. The monoisotopic (exact) mass is 368 g/mol. The molecule has 0 aliphatic heterocycles. The number of rotatable bonds is 8. The smallest absolute Gasteiger partial charge is 0.346 e. The van der Waals surface area contributed by atoms with E-state index in [1.165, 1.54) is 0 Å². The molecule has 0 bridgehead atoms. The van der Waals surface area contributed by atoms with Crippen LogP contribution in [0.1, 0.15) is 39.5 Å². The van der Waals surface area contributed by atoms with E-state index >= 15 is 0 Å². The van der Waals surface area contributed by atoms with Gasteiger partial charge in [-0.15, -0.1) is 0 Å². The maximum atomic E-state index is 12.3. The molecule has 0 fully saturated rings. The molecule has 0 aliphatic carbocycles. The molecule has 0 amide bonds. The Hall–Kier alpha value is -2.82. The summed E-state index contributed by atoms with van der Waals surface area (Å²) < 4.78 is 16.5. The number of hydrogen-bond donors (Lipinski definition) is 0. The van der Waals surface area contributed by atoms with Gasteiger partial charge in [0.2, 0.25) is 0 Å². The lowest BCUT2D eigenvalue weighted by atomic mass is 10.1. The van der Waals surface area contributed by atoms with Crippen LogP contribution >= 0.6 is 0 Å². The van der Waals surface area contributed by atoms with Crippen molar-refractivity contribution in [2.75, 3.05) is 13.2 Å². The lowest BCUT2D eigenvalue weighted by Crippen LogP contribution is -2.04. The fourth-order valence-electron chi connectivity index (χ4n) is 2.89. The second kappa shape index (κ2) is 8.71. The average Bonchev–Trinajstić information content (AvgIpc) is 2.77. The number of hydrogen-bond acceptors (Lipinski definition) is 5. The van der Waals surface area contributed by atoms with E-state index in [1.54, 1.807) is 36.4 Å². The minimum atomic E-state index is -0.653. The fourth-order valence-corrected chi connectivity index (χ4v) is 2.89. The van der Waals surface area contributed by atoms with E-state index in [1.807, 2.05) is 0 Å². The molecule has 0 N–H and O–H groups in total. The molecule has 0 atom stereocenters. The standard InChI is InChI=1S/C22H24O5/c1-3-5-11-25-15-7-9-17-19(13-15)20-14-16(26-12-6-4-2)8-10-18(20)22(24)27-21(17)23/h7-10,13-14H,3-6,11-12H2,1-2H3. The zero-order valence-corrected chi connectivity index (χ0v) is 15.7. The van der Waals surface area contributed by atoms with Gasteiger partial charge < -0.3 is 13.9 Å². The highest BCUT2D eigenvalue weighted by Gasteiger charge is 2.10. The van der Waals surface area contributed by atoms with E-state index in [-0.39, 0.29) is 0 Å². The Morgan fingerprint density at radius 3 is 1.56 bits per heavy atom. The van der Waals surface area contributed by atoms with Crippen LogP contribution in [-0.2, 0) is 0 Å². The van der Waals surface area contributed by atoms with Crippen LogP contribution in [0.4, 0.5) is 0 Å². The van der Waals surface area contributed by atoms with Crippen molar-refractivity contribution in [3.63, 3.8) is 0 Å². The van der Waals surface area contributed by atoms with Crippen LogP contribution in [-0.4, -0.2) is 13.2 Å². The molecule has 1 aromatic heterocycles. The minimum Gasteiger partial charge on any atom is -0.494 e. The quantitative estimate of drug-likeness (QED) is 0.541. The van der Waals surface area contributed by atoms with E-state index in [0.717, 1.165) is 25.7 Å². The summed E-state index contributed by atoms with van der Waals surface area (Å²) in [5, 5.41) is 1.93. The average molecular weight is 368 g/mol. The second-order valence-electron chi connectivity index (χ2n) is 6.50. The Morgan fingerprint density at radius 2 is 1.15 bits per heavy atom. The fraction of sp³-hybridized carbons (Fsp3) is 0.364. The Kier molecular flexibility index (Phi) is 6.12. The van der Waals surface area contributed by atoms with Gasteiger partial charge in [-0.2, -0.15) is 0 Å².